The van der Waals surface area contributed by atoms with Gasteiger partial charge in [-0.05, 0) is 24.3 Å². The van der Waals surface area contributed by atoms with Crippen molar-refractivity contribution in [2.75, 3.05) is 0 Å². The van der Waals surface area contributed by atoms with Gasteiger partial charge in [0.1, 0.15) is 12.1 Å². The number of nitrogens with one attached hydrogen (secondary N) is 1. The van der Waals surface area contributed by atoms with E-state index in [9.17, 15) is 24.0 Å². The summed E-state index contributed by atoms with van der Waals surface area (Å²) < 4.78 is 0. The fourth-order valence-electron chi connectivity index (χ4n) is 5.04. The summed E-state index contributed by atoms with van der Waals surface area (Å²) in [7, 11) is 0. The van der Waals surface area contributed by atoms with Crippen molar-refractivity contribution >= 4 is 35.8 Å². The largest absolute Gasteiger partial charge is 0.481 e. The maximum Gasteiger partial charge on any atom is 0.335 e. The van der Waals surface area contributed by atoms with E-state index in [1.54, 1.807) is 72.8 Å². The Labute approximate surface area is 333 Å². The van der Waals surface area contributed by atoms with Crippen molar-refractivity contribution in [3.05, 3.63) is 198 Å². The molecule has 0 saturated heterocycles. The van der Waals surface area contributed by atoms with Crippen LogP contribution >= 0.6 is 0 Å². The molecule has 0 aliphatic carbocycles. The molecular weight excluding hydrogens is 739 g/mol. The highest BCUT2D eigenvalue weighted by Crippen LogP contribution is 2.33. The smallest absolute Gasteiger partial charge is 0.335 e. The molecule has 0 unspecified atom stereocenters. The summed E-state index contributed by atoms with van der Waals surface area (Å²) in [4.78, 5) is 72.3. The van der Waals surface area contributed by atoms with Crippen molar-refractivity contribution in [2.45, 2.75) is 6.92 Å². The average molecular weight is 778 g/mol. The van der Waals surface area contributed by atoms with E-state index >= 15 is 0 Å². The summed E-state index contributed by atoms with van der Waals surface area (Å²) in [6, 6.07) is 49.6. The molecule has 0 atom stereocenters. The number of aromatic amines is 1. The average Bonchev–Trinajstić information content (AvgIpc) is 3.70. The summed E-state index contributed by atoms with van der Waals surface area (Å²) in [5.74, 6) is -2.98. The SMILES string of the molecule is CC(=O)O.N.O=C(C(=O)c1ccccc1)c1ccccc1.O=C(O)c1ccc(-c2nc(-c3ccccc3)c(-c3ccccc3)[nH]2)cc1.O=Cc1ccc(C(=O)O)cc1. The van der Waals surface area contributed by atoms with Gasteiger partial charge in [-0.2, -0.15) is 0 Å². The number of carboxylic acids is 3. The van der Waals surface area contributed by atoms with Crippen LogP contribution in [-0.2, 0) is 4.79 Å². The Balaban J connectivity index is 0.000000240. The maximum absolute atomic E-state index is 11.8. The molecule has 0 amide bonds. The zero-order valence-electron chi connectivity index (χ0n) is 31.2. The monoisotopic (exact) mass is 777 g/mol. The number of ketones is 2. The normalized spacial score (nSPS) is 9.60. The fourth-order valence-corrected chi connectivity index (χ4v) is 5.04. The number of rotatable bonds is 9. The second-order valence-electron chi connectivity index (χ2n) is 11.9. The van der Waals surface area contributed by atoms with Crippen LogP contribution in [0.3, 0.4) is 0 Å². The number of aliphatic carboxylic acids is 1. The minimum Gasteiger partial charge on any atom is -0.481 e. The molecule has 12 heteroatoms. The van der Waals surface area contributed by atoms with E-state index in [0.717, 1.165) is 35.0 Å². The molecule has 1 aromatic heterocycles. The lowest BCUT2D eigenvalue weighted by atomic mass is 10.0. The summed E-state index contributed by atoms with van der Waals surface area (Å²) in [5.41, 5.74) is 6.51. The summed E-state index contributed by atoms with van der Waals surface area (Å²) in [6.45, 7) is 1.08. The van der Waals surface area contributed by atoms with E-state index < -0.39 is 29.5 Å². The molecule has 7 N–H and O–H groups in total. The third kappa shape index (κ3) is 13.0. The number of Topliss-reactive ketones (excluding diaryl/α,β-unsaturated/α-hetero) is 2. The first kappa shape index (κ1) is 44.3. The van der Waals surface area contributed by atoms with Gasteiger partial charge >= 0.3 is 11.9 Å². The highest BCUT2D eigenvalue weighted by molar-refractivity contribution is 6.49. The van der Waals surface area contributed by atoms with Gasteiger partial charge in [0, 0.05) is 40.3 Å². The van der Waals surface area contributed by atoms with Gasteiger partial charge in [0.25, 0.3) is 5.97 Å². The molecule has 6 aromatic carbocycles. The van der Waals surface area contributed by atoms with E-state index in [-0.39, 0.29) is 17.3 Å². The number of H-pyrrole nitrogens is 1. The lowest BCUT2D eigenvalue weighted by Gasteiger charge is -2.02. The van der Waals surface area contributed by atoms with Crippen LogP contribution in [0, 0.1) is 0 Å². The van der Waals surface area contributed by atoms with Gasteiger partial charge in [0.2, 0.25) is 11.6 Å². The van der Waals surface area contributed by atoms with Crippen LogP contribution < -0.4 is 6.15 Å². The van der Waals surface area contributed by atoms with E-state index in [2.05, 4.69) is 4.98 Å². The molecule has 0 fully saturated rings. The van der Waals surface area contributed by atoms with Crippen molar-refractivity contribution < 1.29 is 44.1 Å². The molecule has 0 bridgehead atoms. The van der Waals surface area contributed by atoms with Crippen LogP contribution in [0.4, 0.5) is 0 Å². The Morgan fingerprint density at radius 1 is 0.483 bits per heavy atom. The molecule has 0 aliphatic rings. The molecule has 7 aromatic rings. The lowest BCUT2D eigenvalue weighted by Crippen LogP contribution is -2.14. The molecule has 0 aliphatic heterocycles. The van der Waals surface area contributed by atoms with Crippen molar-refractivity contribution in [3.8, 4) is 33.9 Å². The zero-order chi connectivity index (χ0) is 41.2. The van der Waals surface area contributed by atoms with Crippen LogP contribution in [-0.4, -0.2) is 61.0 Å². The first-order chi connectivity index (χ1) is 27.5. The Kier molecular flexibility index (Phi) is 17.1. The number of aromatic carboxylic acids is 2. The summed E-state index contributed by atoms with van der Waals surface area (Å²) in [5, 5.41) is 24.9. The first-order valence-corrected chi connectivity index (χ1v) is 17.2. The summed E-state index contributed by atoms with van der Waals surface area (Å²) in [6.07, 6.45) is 0.672. The minimum absolute atomic E-state index is 0. The number of aldehydes is 1. The Morgan fingerprint density at radius 3 is 1.22 bits per heavy atom. The number of imidazole rings is 1. The third-order valence-corrected chi connectivity index (χ3v) is 7.79. The Hall–Kier alpha value is -8.09. The van der Waals surface area contributed by atoms with Crippen molar-refractivity contribution in [3.63, 3.8) is 0 Å². The van der Waals surface area contributed by atoms with Gasteiger partial charge in [0.15, 0.2) is 0 Å². The van der Waals surface area contributed by atoms with E-state index in [1.165, 1.54) is 24.3 Å². The molecule has 58 heavy (non-hydrogen) atoms. The van der Waals surface area contributed by atoms with E-state index in [4.69, 9.17) is 25.1 Å². The number of nitrogens with zero attached hydrogens (tertiary/aromatic N) is 1. The summed E-state index contributed by atoms with van der Waals surface area (Å²) >= 11 is 0. The van der Waals surface area contributed by atoms with Gasteiger partial charge in [-0.15, -0.1) is 0 Å². The predicted octanol–water partition coefficient (Wildman–Crippen LogP) is 9.31. The molecule has 0 saturated carbocycles. The lowest BCUT2D eigenvalue weighted by molar-refractivity contribution is -0.134. The first-order valence-electron chi connectivity index (χ1n) is 17.2. The zero-order valence-corrected chi connectivity index (χ0v) is 31.2. The number of hydrogen-bond acceptors (Lipinski definition) is 8. The topological polar surface area (TPSA) is 227 Å². The fraction of sp³-hybridized carbons (Fsp3) is 0.0217. The standard InChI is InChI=1S/C22H16N2O2.C14H10O2.C8H6O3.C2H4O2.H3N/c25-22(26)18-13-11-17(12-14-18)21-23-19(15-7-3-1-4-8-15)20(24-21)16-9-5-2-6-10-16;15-13(11-7-3-1-4-8-11)14(16)12-9-5-2-6-10-12;9-5-6-1-3-7(4-2-6)8(10)11;1-2(3)4;/h1-14H,(H,23,24)(H,25,26);1-10H;1-5H,(H,10,11);1H3,(H,3,4);1H3. The molecule has 0 radical (unpaired) electrons. The van der Waals surface area contributed by atoms with Crippen molar-refractivity contribution in [1.29, 1.82) is 0 Å². The number of benzene rings is 6. The van der Waals surface area contributed by atoms with Crippen LogP contribution in [0.5, 0.6) is 0 Å². The van der Waals surface area contributed by atoms with Gasteiger partial charge in [-0.1, -0.05) is 146 Å². The maximum atomic E-state index is 11.8. The molecule has 0 spiro atoms. The third-order valence-electron chi connectivity index (χ3n) is 7.79. The van der Waals surface area contributed by atoms with Crippen molar-refractivity contribution in [2.24, 2.45) is 0 Å². The highest BCUT2D eigenvalue weighted by Gasteiger charge is 2.17. The van der Waals surface area contributed by atoms with E-state index in [0.29, 0.717) is 28.8 Å². The van der Waals surface area contributed by atoms with E-state index in [1.807, 2.05) is 72.8 Å². The number of carbonyl (C=O) groups is 6. The molecule has 7 rings (SSSR count). The molecular formula is C46H39N3O9. The number of carbonyl (C=O) groups excluding carboxylic acids is 3. The Bertz CT molecular complexity index is 2310. The van der Waals surface area contributed by atoms with Crippen molar-refractivity contribution in [1.82, 2.24) is 16.1 Å². The predicted molar refractivity (Wildman–Crippen MR) is 221 cm³/mol. The number of aromatic nitrogens is 2. The Morgan fingerprint density at radius 2 is 0.845 bits per heavy atom. The van der Waals surface area contributed by atoms with Gasteiger partial charge in [-0.25, -0.2) is 14.6 Å². The van der Waals surface area contributed by atoms with Crippen LogP contribution in [0.2, 0.25) is 0 Å². The molecule has 12 nitrogen and oxygen atoms in total. The second-order valence-corrected chi connectivity index (χ2v) is 11.9. The second kappa shape index (κ2) is 22.3. The van der Waals surface area contributed by atoms with Crippen LogP contribution in [0.15, 0.2) is 170 Å². The molecule has 1 heterocycles. The number of hydrogen-bond donors (Lipinski definition) is 5. The van der Waals surface area contributed by atoms with Crippen LogP contribution in [0.25, 0.3) is 33.9 Å². The van der Waals surface area contributed by atoms with Gasteiger partial charge in [-0.3, -0.25) is 19.2 Å². The van der Waals surface area contributed by atoms with Gasteiger partial charge < -0.3 is 26.5 Å². The quantitative estimate of drug-likeness (QED) is 0.0527. The molecule has 292 valence electrons. The van der Waals surface area contributed by atoms with Crippen LogP contribution in [0.1, 0.15) is 58.7 Å². The highest BCUT2D eigenvalue weighted by atomic mass is 16.4. The number of carboxylic acid groups (broad SMARTS) is 3. The minimum atomic E-state index is -0.984. The van der Waals surface area contributed by atoms with Gasteiger partial charge in [0.05, 0.1) is 22.5 Å².